The summed E-state index contributed by atoms with van der Waals surface area (Å²) in [7, 11) is 0. The van der Waals surface area contributed by atoms with Crippen molar-refractivity contribution in [3.8, 4) is 0 Å². The summed E-state index contributed by atoms with van der Waals surface area (Å²) in [6, 6.07) is 17.4. The van der Waals surface area contributed by atoms with Crippen LogP contribution in [0, 0.1) is 0 Å². The van der Waals surface area contributed by atoms with E-state index in [-0.39, 0.29) is 0 Å². The van der Waals surface area contributed by atoms with Crippen molar-refractivity contribution in [2.75, 3.05) is 0 Å². The molecule has 19 heavy (non-hydrogen) atoms. The molecule has 0 amide bonds. The van der Waals surface area contributed by atoms with Gasteiger partial charge in [-0.2, -0.15) is 0 Å². The summed E-state index contributed by atoms with van der Waals surface area (Å²) < 4.78 is 2.53. The molecular weight excluding hydrogens is 316 g/mol. The average molecular weight is 327 g/mol. The van der Waals surface area contributed by atoms with E-state index in [0.717, 1.165) is 10.9 Å². The van der Waals surface area contributed by atoms with E-state index < -0.39 is 0 Å². The predicted octanol–water partition coefficient (Wildman–Crippen LogP) is 5.76. The van der Waals surface area contributed by atoms with Gasteiger partial charge in [-0.05, 0) is 58.8 Å². The fraction of sp³-hybridized carbons (Fsp3) is 0.0588. The Balaban J connectivity index is 1.79. The second-order valence-corrected chi connectivity index (χ2v) is 6.84. The van der Waals surface area contributed by atoms with Crippen molar-refractivity contribution in [3.05, 3.63) is 69.0 Å². The first-order valence-corrected chi connectivity index (χ1v) is 7.88. The number of halogens is 1. The molecule has 0 unspecified atom stereocenters. The van der Waals surface area contributed by atoms with E-state index in [9.17, 15) is 0 Å². The molecule has 0 bridgehead atoms. The van der Waals surface area contributed by atoms with Crippen molar-refractivity contribution in [3.63, 3.8) is 0 Å². The van der Waals surface area contributed by atoms with Gasteiger partial charge in [-0.15, -0.1) is 11.3 Å². The Labute approximate surface area is 124 Å². The van der Waals surface area contributed by atoms with Crippen LogP contribution in [-0.4, -0.2) is 0 Å². The Hall–Kier alpha value is -1.38. The first-order valence-electron chi connectivity index (χ1n) is 6.27. The van der Waals surface area contributed by atoms with Crippen LogP contribution in [0.2, 0.25) is 0 Å². The van der Waals surface area contributed by atoms with Crippen molar-refractivity contribution >= 4 is 49.0 Å². The Bertz CT molecular complexity index is 778. The van der Waals surface area contributed by atoms with Crippen molar-refractivity contribution in [1.82, 2.24) is 0 Å². The highest BCUT2D eigenvalue weighted by Gasteiger charge is 2.16. The number of rotatable bonds is 1. The Kier molecular flexibility index (Phi) is 2.61. The molecule has 1 aliphatic carbocycles. The van der Waals surface area contributed by atoms with Gasteiger partial charge < -0.3 is 0 Å². The Morgan fingerprint density at radius 2 is 1.89 bits per heavy atom. The molecule has 0 saturated heterocycles. The van der Waals surface area contributed by atoms with Crippen LogP contribution in [0.3, 0.4) is 0 Å². The number of benzene rings is 2. The van der Waals surface area contributed by atoms with E-state index in [4.69, 9.17) is 0 Å². The first-order chi connectivity index (χ1) is 9.29. The summed E-state index contributed by atoms with van der Waals surface area (Å²) in [4.78, 5) is 1.40. The monoisotopic (exact) mass is 326 g/mol. The van der Waals surface area contributed by atoms with Crippen LogP contribution in [0.1, 0.15) is 16.0 Å². The van der Waals surface area contributed by atoms with Crippen LogP contribution >= 0.6 is 27.3 Å². The van der Waals surface area contributed by atoms with E-state index in [2.05, 4.69) is 70.5 Å². The predicted molar refractivity (Wildman–Crippen MR) is 87.5 cm³/mol. The van der Waals surface area contributed by atoms with Crippen molar-refractivity contribution in [2.24, 2.45) is 0 Å². The highest BCUT2D eigenvalue weighted by atomic mass is 79.9. The lowest BCUT2D eigenvalue weighted by Gasteiger charge is -1.99. The summed E-state index contributed by atoms with van der Waals surface area (Å²) in [5, 5.41) is 1.35. The van der Waals surface area contributed by atoms with Gasteiger partial charge in [0.2, 0.25) is 0 Å². The molecule has 92 valence electrons. The van der Waals surface area contributed by atoms with E-state index in [1.165, 1.54) is 31.7 Å². The number of hydrogen-bond acceptors (Lipinski definition) is 1. The Morgan fingerprint density at radius 3 is 2.79 bits per heavy atom. The molecule has 4 rings (SSSR count). The van der Waals surface area contributed by atoms with E-state index in [1.807, 2.05) is 11.3 Å². The fourth-order valence-corrected chi connectivity index (χ4v) is 4.10. The van der Waals surface area contributed by atoms with Crippen LogP contribution in [0.5, 0.6) is 0 Å². The van der Waals surface area contributed by atoms with Gasteiger partial charge in [-0.1, -0.05) is 40.2 Å². The third-order valence-electron chi connectivity index (χ3n) is 3.56. The summed E-state index contributed by atoms with van der Waals surface area (Å²) in [6.07, 6.45) is 3.37. The minimum Gasteiger partial charge on any atom is -0.136 e. The molecular formula is C17H11BrS. The van der Waals surface area contributed by atoms with Gasteiger partial charge in [0.05, 0.1) is 0 Å². The minimum absolute atomic E-state index is 1.04. The molecule has 0 aliphatic heterocycles. The lowest BCUT2D eigenvalue weighted by atomic mass is 10.1. The number of fused-ring (bicyclic) bond motifs is 2. The zero-order valence-corrected chi connectivity index (χ0v) is 12.6. The molecule has 1 aromatic heterocycles. The largest absolute Gasteiger partial charge is 0.136 e. The molecule has 0 spiro atoms. The van der Waals surface area contributed by atoms with Gasteiger partial charge in [0, 0.05) is 14.0 Å². The van der Waals surface area contributed by atoms with Crippen molar-refractivity contribution < 1.29 is 0 Å². The summed E-state index contributed by atoms with van der Waals surface area (Å²) in [5.74, 6) is 0. The van der Waals surface area contributed by atoms with Crippen LogP contribution in [0.15, 0.2) is 53.0 Å². The van der Waals surface area contributed by atoms with Crippen molar-refractivity contribution in [2.45, 2.75) is 6.42 Å². The smallest absolute Gasteiger partial charge is 0.0349 e. The molecule has 0 fully saturated rings. The molecule has 0 N–H and O–H groups in total. The van der Waals surface area contributed by atoms with E-state index in [1.54, 1.807) is 0 Å². The van der Waals surface area contributed by atoms with E-state index >= 15 is 0 Å². The first kappa shape index (κ1) is 11.4. The molecule has 1 aliphatic rings. The molecule has 2 aromatic carbocycles. The zero-order valence-electron chi connectivity index (χ0n) is 10.2. The Morgan fingerprint density at radius 1 is 1.00 bits per heavy atom. The summed E-state index contributed by atoms with van der Waals surface area (Å²) in [5.41, 5.74) is 4.21. The van der Waals surface area contributed by atoms with Gasteiger partial charge in [-0.25, -0.2) is 0 Å². The minimum atomic E-state index is 1.04. The van der Waals surface area contributed by atoms with Gasteiger partial charge in [0.25, 0.3) is 0 Å². The van der Waals surface area contributed by atoms with E-state index in [0.29, 0.717) is 0 Å². The molecule has 2 heteroatoms. The maximum atomic E-state index is 3.55. The lowest BCUT2D eigenvalue weighted by molar-refractivity contribution is 1.32. The molecule has 1 heterocycles. The highest BCUT2D eigenvalue weighted by Crippen LogP contribution is 2.38. The number of allylic oxidation sites excluding steroid dienone is 1. The number of thiophene rings is 1. The standard InChI is InChI=1S/C17H11BrS/c18-15-6-5-11-7-14(8-13(11)9-15)17-10-12-3-1-2-4-16(12)19-17/h1-7,9-10H,8H2. The van der Waals surface area contributed by atoms with Gasteiger partial charge >= 0.3 is 0 Å². The lowest BCUT2D eigenvalue weighted by Crippen LogP contribution is -1.82. The quantitative estimate of drug-likeness (QED) is 0.533. The van der Waals surface area contributed by atoms with Crippen LogP contribution in [-0.2, 0) is 6.42 Å². The summed E-state index contributed by atoms with van der Waals surface area (Å²) >= 11 is 5.44. The number of hydrogen-bond donors (Lipinski definition) is 0. The SMILES string of the molecule is Brc1ccc2c(c1)CC(c1cc3ccccc3s1)=C2. The van der Waals surface area contributed by atoms with Crippen LogP contribution in [0.4, 0.5) is 0 Å². The fourth-order valence-electron chi connectivity index (χ4n) is 2.61. The zero-order chi connectivity index (χ0) is 12.8. The third kappa shape index (κ3) is 1.96. The van der Waals surface area contributed by atoms with Crippen LogP contribution in [0.25, 0.3) is 21.7 Å². The molecule has 0 radical (unpaired) electrons. The molecule has 0 nitrogen and oxygen atoms in total. The molecule has 0 saturated carbocycles. The molecule has 0 atom stereocenters. The third-order valence-corrected chi connectivity index (χ3v) is 5.24. The van der Waals surface area contributed by atoms with Crippen molar-refractivity contribution in [1.29, 1.82) is 0 Å². The molecule has 3 aromatic rings. The second kappa shape index (κ2) is 4.32. The van der Waals surface area contributed by atoms with Crippen LogP contribution < -0.4 is 0 Å². The average Bonchev–Trinajstić information content (AvgIpc) is 3.00. The second-order valence-electron chi connectivity index (χ2n) is 4.84. The van der Waals surface area contributed by atoms with Gasteiger partial charge in [-0.3, -0.25) is 0 Å². The summed E-state index contributed by atoms with van der Waals surface area (Å²) in [6.45, 7) is 0. The highest BCUT2D eigenvalue weighted by molar-refractivity contribution is 9.10. The topological polar surface area (TPSA) is 0 Å². The maximum Gasteiger partial charge on any atom is 0.0349 e. The maximum absolute atomic E-state index is 3.55. The van der Waals surface area contributed by atoms with Gasteiger partial charge in [0.15, 0.2) is 0 Å². The van der Waals surface area contributed by atoms with Gasteiger partial charge in [0.1, 0.15) is 0 Å². The normalized spacial score (nSPS) is 13.6.